The third kappa shape index (κ3) is 5.19. The predicted molar refractivity (Wildman–Crippen MR) is 119 cm³/mol. The van der Waals surface area contributed by atoms with Gasteiger partial charge in [0.1, 0.15) is 0 Å². The summed E-state index contributed by atoms with van der Waals surface area (Å²) in [5, 5.41) is 20.5. The lowest BCUT2D eigenvalue weighted by Crippen LogP contribution is -2.31. The Labute approximate surface area is 210 Å². The summed E-state index contributed by atoms with van der Waals surface area (Å²) >= 11 is 0. The van der Waals surface area contributed by atoms with Gasteiger partial charge in [-0.25, -0.2) is 9.97 Å². The smallest absolute Gasteiger partial charge is 0.418 e. The molecule has 0 aliphatic carbocycles. The average molecular weight is 542 g/mol. The summed E-state index contributed by atoms with van der Waals surface area (Å²) in [4.78, 5) is 23.7. The third-order valence-corrected chi connectivity index (χ3v) is 6.62. The quantitative estimate of drug-likeness (QED) is 0.469. The van der Waals surface area contributed by atoms with Gasteiger partial charge >= 0.3 is 18.3 Å². The van der Waals surface area contributed by atoms with Gasteiger partial charge in [0, 0.05) is 56.1 Å². The number of aromatic nitrogens is 6. The minimum Gasteiger partial charge on any atom is -0.481 e. The molecule has 4 heterocycles. The molecule has 0 bridgehead atoms. The van der Waals surface area contributed by atoms with Crippen LogP contribution in [0.1, 0.15) is 17.5 Å². The molecule has 0 spiro atoms. The molecule has 0 amide bonds. The SMILES string of the molecule is O=C(O)CCn1nnc(-c2cnc(N3CC4CN(c5cc(C(F)(F)F)ccc5C(F)(F)F)CC4C3)nc2)n1. The van der Waals surface area contributed by atoms with Gasteiger partial charge in [-0.2, -0.15) is 31.1 Å². The largest absolute Gasteiger partial charge is 0.481 e. The van der Waals surface area contributed by atoms with E-state index in [0.717, 1.165) is 4.80 Å². The highest BCUT2D eigenvalue weighted by molar-refractivity contribution is 5.66. The van der Waals surface area contributed by atoms with Crippen LogP contribution in [0.15, 0.2) is 30.6 Å². The number of benzene rings is 1. The van der Waals surface area contributed by atoms with E-state index < -0.39 is 35.1 Å². The van der Waals surface area contributed by atoms with Gasteiger partial charge in [0.25, 0.3) is 0 Å². The normalized spacial score (nSPS) is 19.7. The Morgan fingerprint density at radius 3 is 2.16 bits per heavy atom. The number of aryl methyl sites for hydroxylation is 1. The maximum absolute atomic E-state index is 13.6. The van der Waals surface area contributed by atoms with E-state index >= 15 is 0 Å². The van der Waals surface area contributed by atoms with Crippen molar-refractivity contribution in [3.8, 4) is 11.4 Å². The van der Waals surface area contributed by atoms with Crippen molar-refractivity contribution in [2.24, 2.45) is 11.8 Å². The number of nitrogens with zero attached hydrogens (tertiary/aromatic N) is 8. The number of tetrazole rings is 1. The molecular formula is C22H20F6N8O2. The molecule has 38 heavy (non-hydrogen) atoms. The summed E-state index contributed by atoms with van der Waals surface area (Å²) in [6.45, 7) is 1.27. The monoisotopic (exact) mass is 542 g/mol. The second-order valence-corrected chi connectivity index (χ2v) is 9.18. The van der Waals surface area contributed by atoms with Gasteiger partial charge in [0.15, 0.2) is 0 Å². The van der Waals surface area contributed by atoms with Crippen LogP contribution in [-0.4, -0.2) is 67.4 Å². The van der Waals surface area contributed by atoms with E-state index in [1.165, 1.54) is 17.3 Å². The van der Waals surface area contributed by atoms with Crippen molar-refractivity contribution in [3.63, 3.8) is 0 Å². The second kappa shape index (κ2) is 9.40. The van der Waals surface area contributed by atoms with Crippen LogP contribution in [0, 0.1) is 11.8 Å². The molecule has 1 N–H and O–H groups in total. The minimum atomic E-state index is -4.78. The highest BCUT2D eigenvalue weighted by atomic mass is 19.4. The summed E-state index contributed by atoms with van der Waals surface area (Å²) in [6, 6.07) is 1.53. The summed E-state index contributed by atoms with van der Waals surface area (Å²) in [6.07, 6.45) is -6.73. The van der Waals surface area contributed by atoms with Crippen molar-refractivity contribution in [1.29, 1.82) is 0 Å². The van der Waals surface area contributed by atoms with Crippen LogP contribution in [0.25, 0.3) is 11.4 Å². The first-order valence-electron chi connectivity index (χ1n) is 11.5. The first-order chi connectivity index (χ1) is 17.9. The van der Waals surface area contributed by atoms with Crippen molar-refractivity contribution in [1.82, 2.24) is 30.2 Å². The zero-order chi connectivity index (χ0) is 27.2. The van der Waals surface area contributed by atoms with Crippen LogP contribution in [0.5, 0.6) is 0 Å². The minimum absolute atomic E-state index is 0.0554. The predicted octanol–water partition coefficient (Wildman–Crippen LogP) is 3.22. The number of fused-ring (bicyclic) bond motifs is 1. The molecule has 2 fully saturated rings. The van der Waals surface area contributed by atoms with Crippen LogP contribution in [0.3, 0.4) is 0 Å². The fourth-order valence-electron chi connectivity index (χ4n) is 4.81. The molecular weight excluding hydrogens is 522 g/mol. The van der Waals surface area contributed by atoms with E-state index in [4.69, 9.17) is 5.11 Å². The average Bonchev–Trinajstić information content (AvgIpc) is 3.56. The Hall–Kier alpha value is -3.98. The summed E-state index contributed by atoms with van der Waals surface area (Å²) in [7, 11) is 0. The topological polar surface area (TPSA) is 113 Å². The molecule has 1 aromatic carbocycles. The molecule has 0 saturated carbocycles. The Morgan fingerprint density at radius 2 is 1.58 bits per heavy atom. The number of hydrogen-bond acceptors (Lipinski definition) is 8. The first kappa shape index (κ1) is 25.7. The van der Waals surface area contributed by atoms with E-state index in [1.807, 2.05) is 4.90 Å². The van der Waals surface area contributed by atoms with E-state index in [0.29, 0.717) is 42.8 Å². The lowest BCUT2D eigenvalue weighted by atomic mass is 10.0. The van der Waals surface area contributed by atoms with E-state index in [1.54, 1.807) is 0 Å². The molecule has 2 unspecified atom stereocenters. The van der Waals surface area contributed by atoms with E-state index in [9.17, 15) is 31.1 Å². The number of hydrogen-bond donors (Lipinski definition) is 1. The molecule has 2 saturated heterocycles. The Bertz CT molecular complexity index is 1310. The van der Waals surface area contributed by atoms with Gasteiger partial charge in [-0.15, -0.1) is 10.2 Å². The Kier molecular flexibility index (Phi) is 6.35. The van der Waals surface area contributed by atoms with Crippen LogP contribution in [0.2, 0.25) is 0 Å². The van der Waals surface area contributed by atoms with Crippen molar-refractivity contribution < 1.29 is 36.2 Å². The number of halogens is 6. The van der Waals surface area contributed by atoms with Crippen molar-refractivity contribution in [2.45, 2.75) is 25.3 Å². The Morgan fingerprint density at radius 1 is 0.947 bits per heavy atom. The van der Waals surface area contributed by atoms with Gasteiger partial charge in [0.05, 0.1) is 29.7 Å². The summed E-state index contributed by atoms with van der Waals surface area (Å²) in [5.41, 5.74) is -2.21. The molecule has 2 aliphatic rings. The zero-order valence-corrected chi connectivity index (χ0v) is 19.5. The number of anilines is 2. The lowest BCUT2D eigenvalue weighted by molar-refractivity contribution is -0.141. The molecule has 2 atom stereocenters. The molecule has 5 rings (SSSR count). The molecule has 10 nitrogen and oxygen atoms in total. The zero-order valence-electron chi connectivity index (χ0n) is 19.5. The van der Waals surface area contributed by atoms with E-state index in [-0.39, 0.29) is 43.7 Å². The molecule has 2 aromatic heterocycles. The van der Waals surface area contributed by atoms with Crippen LogP contribution < -0.4 is 9.80 Å². The van der Waals surface area contributed by atoms with Gasteiger partial charge in [-0.05, 0) is 23.4 Å². The van der Waals surface area contributed by atoms with Gasteiger partial charge in [0.2, 0.25) is 11.8 Å². The summed E-state index contributed by atoms with van der Waals surface area (Å²) in [5.74, 6) is -0.541. The third-order valence-electron chi connectivity index (χ3n) is 6.62. The molecule has 0 radical (unpaired) electrons. The van der Waals surface area contributed by atoms with Crippen molar-refractivity contribution in [2.75, 3.05) is 36.0 Å². The number of carboxylic acids is 1. The Balaban J connectivity index is 1.26. The molecule has 16 heteroatoms. The number of alkyl halides is 6. The van der Waals surface area contributed by atoms with Gasteiger partial charge in [-0.3, -0.25) is 4.79 Å². The number of rotatable bonds is 6. The van der Waals surface area contributed by atoms with Gasteiger partial charge < -0.3 is 14.9 Å². The van der Waals surface area contributed by atoms with Crippen LogP contribution in [0.4, 0.5) is 38.0 Å². The fraction of sp³-hybridized carbons (Fsp3) is 0.455. The first-order valence-corrected chi connectivity index (χ1v) is 11.5. The second-order valence-electron chi connectivity index (χ2n) is 9.18. The number of carbonyl (C=O) groups is 1. The van der Waals surface area contributed by atoms with Crippen LogP contribution in [-0.2, 0) is 23.7 Å². The molecule has 2 aliphatic heterocycles. The maximum atomic E-state index is 13.6. The van der Waals surface area contributed by atoms with Gasteiger partial charge in [-0.1, -0.05) is 0 Å². The summed E-state index contributed by atoms with van der Waals surface area (Å²) < 4.78 is 80.3. The highest BCUT2D eigenvalue weighted by Crippen LogP contribution is 2.43. The van der Waals surface area contributed by atoms with Crippen molar-refractivity contribution >= 4 is 17.6 Å². The number of aliphatic carboxylic acids is 1. The van der Waals surface area contributed by atoms with E-state index in [2.05, 4.69) is 25.4 Å². The van der Waals surface area contributed by atoms with Crippen LogP contribution >= 0.6 is 0 Å². The number of carboxylic acid groups (broad SMARTS) is 1. The molecule has 3 aromatic rings. The maximum Gasteiger partial charge on any atom is 0.418 e. The standard InChI is InChI=1S/C22H20F6N8O2/c23-21(24,25)15-1-2-16(22(26,27)28)17(5-15)34-8-13-10-35(11-14(13)9-34)20-29-6-12(7-30-20)19-31-33-36(32-19)4-3-18(37)38/h1-2,5-7,13-14H,3-4,8-11H2,(H,37,38). The highest BCUT2D eigenvalue weighted by Gasteiger charge is 2.44. The lowest BCUT2D eigenvalue weighted by Gasteiger charge is -2.26. The molecule has 202 valence electrons. The van der Waals surface area contributed by atoms with Crippen molar-refractivity contribution in [3.05, 3.63) is 41.7 Å². The fourth-order valence-corrected chi connectivity index (χ4v) is 4.81.